The Morgan fingerprint density at radius 3 is 2.82 bits per heavy atom. The highest BCUT2D eigenvalue weighted by atomic mass is 32.2. The van der Waals surface area contributed by atoms with E-state index >= 15 is 0 Å². The molecule has 0 amide bonds. The van der Waals surface area contributed by atoms with Crippen LogP contribution in [0.5, 0.6) is 0 Å². The van der Waals surface area contributed by atoms with Gasteiger partial charge in [0.05, 0.1) is 5.88 Å². The number of fused-ring (bicyclic) bond motifs is 1. The number of nitrogens with zero attached hydrogens (tertiary/aromatic N) is 5. The first kappa shape index (κ1) is 12.0. The molecule has 0 aromatic carbocycles. The third kappa shape index (κ3) is 2.03. The molecule has 2 heterocycles. The van der Waals surface area contributed by atoms with Gasteiger partial charge >= 0.3 is 15.8 Å². The average Bonchev–Trinajstić information content (AvgIpc) is 2.66. The Bertz CT molecular complexity index is 718. The third-order valence-corrected chi connectivity index (χ3v) is 3.16. The predicted molar refractivity (Wildman–Crippen MR) is 58.4 cm³/mol. The van der Waals surface area contributed by atoms with Crippen LogP contribution in [-0.4, -0.2) is 43.6 Å². The SMILES string of the molecule is CSCn1nnc2c(S(=O)(=O)O)ncn2c1=O. The summed E-state index contributed by atoms with van der Waals surface area (Å²) < 4.78 is 32.7. The second-order valence-electron chi connectivity index (χ2n) is 3.01. The van der Waals surface area contributed by atoms with E-state index in [4.69, 9.17) is 4.55 Å². The van der Waals surface area contributed by atoms with Gasteiger partial charge in [-0.2, -0.15) is 13.1 Å². The van der Waals surface area contributed by atoms with Gasteiger partial charge in [-0.3, -0.25) is 4.55 Å². The van der Waals surface area contributed by atoms with E-state index in [1.165, 1.54) is 11.8 Å². The molecule has 9 nitrogen and oxygen atoms in total. The van der Waals surface area contributed by atoms with Gasteiger partial charge in [0, 0.05) is 0 Å². The Kier molecular flexibility index (Phi) is 2.89. The molecule has 11 heteroatoms. The summed E-state index contributed by atoms with van der Waals surface area (Å²) in [7, 11) is -4.52. The van der Waals surface area contributed by atoms with Gasteiger partial charge in [-0.1, -0.05) is 5.21 Å². The number of hydrogen-bond donors (Lipinski definition) is 1. The molecule has 2 rings (SSSR count). The van der Waals surface area contributed by atoms with E-state index in [1.54, 1.807) is 6.26 Å². The summed E-state index contributed by atoms with van der Waals surface area (Å²) in [5.41, 5.74) is -0.874. The predicted octanol–water partition coefficient (Wildman–Crippen LogP) is -1.15. The van der Waals surface area contributed by atoms with Crippen molar-refractivity contribution in [2.45, 2.75) is 10.9 Å². The minimum absolute atomic E-state index is 0.279. The molecular weight excluding hydrogens is 270 g/mol. The monoisotopic (exact) mass is 277 g/mol. The summed E-state index contributed by atoms with van der Waals surface area (Å²) in [6.07, 6.45) is 2.75. The van der Waals surface area contributed by atoms with Gasteiger partial charge in [0.25, 0.3) is 0 Å². The van der Waals surface area contributed by atoms with Crippen LogP contribution in [0.25, 0.3) is 5.65 Å². The van der Waals surface area contributed by atoms with Crippen LogP contribution in [0.15, 0.2) is 16.1 Å². The van der Waals surface area contributed by atoms with Crippen molar-refractivity contribution >= 4 is 27.5 Å². The van der Waals surface area contributed by atoms with Crippen molar-refractivity contribution in [1.82, 2.24) is 24.4 Å². The van der Waals surface area contributed by atoms with Crippen LogP contribution in [0.2, 0.25) is 0 Å². The Hall–Kier alpha value is -1.46. The summed E-state index contributed by atoms with van der Waals surface area (Å²) in [6, 6.07) is 0. The minimum atomic E-state index is -4.52. The molecule has 0 aliphatic carbocycles. The van der Waals surface area contributed by atoms with Gasteiger partial charge in [0.1, 0.15) is 6.33 Å². The van der Waals surface area contributed by atoms with Crippen molar-refractivity contribution in [3.63, 3.8) is 0 Å². The van der Waals surface area contributed by atoms with Gasteiger partial charge < -0.3 is 0 Å². The summed E-state index contributed by atoms with van der Waals surface area (Å²) in [6.45, 7) is 0. The lowest BCUT2D eigenvalue weighted by Crippen LogP contribution is -2.29. The second-order valence-corrected chi connectivity index (χ2v) is 5.18. The molecule has 0 atom stereocenters. The Balaban J connectivity index is 2.76. The first-order valence-electron chi connectivity index (χ1n) is 4.22. The molecule has 1 N–H and O–H groups in total. The maximum absolute atomic E-state index is 11.8. The largest absolute Gasteiger partial charge is 0.353 e. The van der Waals surface area contributed by atoms with Crippen LogP contribution >= 0.6 is 11.8 Å². The summed E-state index contributed by atoms with van der Waals surface area (Å²) in [5, 5.41) is 6.41. The van der Waals surface area contributed by atoms with Crippen molar-refractivity contribution in [1.29, 1.82) is 0 Å². The summed E-state index contributed by atoms with van der Waals surface area (Å²) in [5.74, 6) is 0.279. The van der Waals surface area contributed by atoms with E-state index in [0.717, 1.165) is 15.4 Å². The van der Waals surface area contributed by atoms with Crippen LogP contribution in [0, 0.1) is 0 Å². The molecular formula is C6H7N5O4S2. The van der Waals surface area contributed by atoms with Crippen LogP contribution in [0.4, 0.5) is 0 Å². The molecule has 0 saturated heterocycles. The fraction of sp³-hybridized carbons (Fsp3) is 0.333. The summed E-state index contributed by atoms with van der Waals surface area (Å²) >= 11 is 1.35. The lowest BCUT2D eigenvalue weighted by molar-refractivity contribution is 0.480. The number of rotatable bonds is 3. The van der Waals surface area contributed by atoms with Crippen molar-refractivity contribution in [2.75, 3.05) is 6.26 Å². The highest BCUT2D eigenvalue weighted by molar-refractivity contribution is 7.97. The first-order valence-corrected chi connectivity index (χ1v) is 7.06. The highest BCUT2D eigenvalue weighted by Crippen LogP contribution is 2.09. The molecule has 0 unspecified atom stereocenters. The van der Waals surface area contributed by atoms with Crippen molar-refractivity contribution in [2.24, 2.45) is 0 Å². The lowest BCUT2D eigenvalue weighted by atomic mass is 10.8. The van der Waals surface area contributed by atoms with Crippen LogP contribution in [0.1, 0.15) is 0 Å². The highest BCUT2D eigenvalue weighted by Gasteiger charge is 2.20. The molecule has 0 bridgehead atoms. The smallest absolute Gasteiger partial charge is 0.281 e. The molecule has 0 fully saturated rings. The number of aromatic nitrogens is 5. The zero-order valence-corrected chi connectivity index (χ0v) is 10.1. The minimum Gasteiger partial charge on any atom is -0.281 e. The number of hydrogen-bond acceptors (Lipinski definition) is 7. The van der Waals surface area contributed by atoms with Gasteiger partial charge in [0.2, 0.25) is 10.7 Å². The fourth-order valence-electron chi connectivity index (χ4n) is 1.20. The molecule has 2 aromatic heterocycles. The average molecular weight is 277 g/mol. The maximum atomic E-state index is 11.8. The zero-order valence-electron chi connectivity index (χ0n) is 8.51. The van der Waals surface area contributed by atoms with Crippen LogP contribution in [0.3, 0.4) is 0 Å². The molecule has 0 spiro atoms. The normalized spacial score (nSPS) is 12.1. The van der Waals surface area contributed by atoms with Crippen molar-refractivity contribution < 1.29 is 13.0 Å². The fourth-order valence-corrected chi connectivity index (χ4v) is 2.16. The number of imidazole rings is 1. The first-order chi connectivity index (χ1) is 7.95. The summed E-state index contributed by atoms with van der Waals surface area (Å²) in [4.78, 5) is 15.2. The molecule has 0 aliphatic rings. The molecule has 0 radical (unpaired) electrons. The molecule has 2 aromatic rings. The van der Waals surface area contributed by atoms with Crippen molar-refractivity contribution in [3.05, 3.63) is 16.8 Å². The van der Waals surface area contributed by atoms with E-state index in [0.29, 0.717) is 0 Å². The molecule has 0 aliphatic heterocycles. The molecule has 0 saturated carbocycles. The van der Waals surface area contributed by atoms with Gasteiger partial charge in [-0.05, 0) is 6.26 Å². The number of thioether (sulfide) groups is 1. The Labute approximate surface area is 99.2 Å². The van der Waals surface area contributed by atoms with E-state index in [9.17, 15) is 13.2 Å². The van der Waals surface area contributed by atoms with Crippen LogP contribution < -0.4 is 5.69 Å². The standard InChI is InChI=1S/C6H7N5O4S2/c1-16-3-11-6(12)10-2-7-5(17(13,14)15)4(10)8-9-11/h2H,3H2,1H3,(H,13,14,15). The van der Waals surface area contributed by atoms with Gasteiger partial charge in [0.15, 0.2) is 0 Å². The quantitative estimate of drug-likeness (QED) is 0.698. The Morgan fingerprint density at radius 2 is 2.24 bits per heavy atom. The van der Waals surface area contributed by atoms with E-state index in [2.05, 4.69) is 15.3 Å². The topological polar surface area (TPSA) is 119 Å². The van der Waals surface area contributed by atoms with Crippen LogP contribution in [-0.2, 0) is 16.0 Å². The molecule has 92 valence electrons. The van der Waals surface area contributed by atoms with Gasteiger partial charge in [-0.25, -0.2) is 14.2 Å². The zero-order chi connectivity index (χ0) is 12.6. The van der Waals surface area contributed by atoms with Crippen molar-refractivity contribution in [3.8, 4) is 0 Å². The van der Waals surface area contributed by atoms with Gasteiger partial charge in [-0.15, -0.1) is 16.9 Å². The van der Waals surface area contributed by atoms with E-state index in [1.807, 2.05) is 0 Å². The Morgan fingerprint density at radius 1 is 1.53 bits per heavy atom. The molecule has 17 heavy (non-hydrogen) atoms. The second kappa shape index (κ2) is 4.09. The lowest BCUT2D eigenvalue weighted by Gasteiger charge is -2.00. The van der Waals surface area contributed by atoms with E-state index in [-0.39, 0.29) is 11.5 Å². The van der Waals surface area contributed by atoms with E-state index < -0.39 is 20.8 Å². The maximum Gasteiger partial charge on any atom is 0.353 e. The third-order valence-electron chi connectivity index (χ3n) is 1.88.